The minimum atomic E-state index is -0.187. The van der Waals surface area contributed by atoms with Crippen molar-refractivity contribution in [3.63, 3.8) is 0 Å². The van der Waals surface area contributed by atoms with E-state index in [1.54, 1.807) is 18.2 Å². The Hall–Kier alpha value is -1.84. The van der Waals surface area contributed by atoms with E-state index in [-0.39, 0.29) is 18.0 Å². The lowest BCUT2D eigenvalue weighted by Gasteiger charge is -2.08. The van der Waals surface area contributed by atoms with Gasteiger partial charge in [-0.15, -0.1) is 0 Å². The van der Waals surface area contributed by atoms with Crippen molar-refractivity contribution in [3.8, 4) is 11.5 Å². The van der Waals surface area contributed by atoms with E-state index in [1.807, 2.05) is 0 Å². The number of ether oxygens (including phenoxy) is 2. The Bertz CT molecular complexity index is 451. The van der Waals surface area contributed by atoms with Crippen molar-refractivity contribution in [3.05, 3.63) is 23.8 Å². The number of carbonyl (C=O) groups is 2. The molecule has 2 rings (SSSR count). The van der Waals surface area contributed by atoms with E-state index in [0.717, 1.165) is 6.42 Å². The van der Waals surface area contributed by atoms with Crippen molar-refractivity contribution < 1.29 is 19.1 Å². The Kier molecular flexibility index (Phi) is 3.42. The molecule has 17 heavy (non-hydrogen) atoms. The second-order valence-electron chi connectivity index (χ2n) is 4.01. The van der Waals surface area contributed by atoms with Gasteiger partial charge in [0, 0.05) is 12.0 Å². The predicted molar refractivity (Wildman–Crippen MR) is 61.7 cm³/mol. The first-order valence-electron chi connectivity index (χ1n) is 5.59. The zero-order chi connectivity index (χ0) is 12.3. The van der Waals surface area contributed by atoms with E-state index in [1.165, 1.54) is 6.92 Å². The number of hydrogen-bond acceptors (Lipinski definition) is 4. The summed E-state index contributed by atoms with van der Waals surface area (Å²) in [5.74, 6) is 0.911. The lowest BCUT2D eigenvalue weighted by molar-refractivity contribution is -0.116. The van der Waals surface area contributed by atoms with Gasteiger partial charge in [-0.1, -0.05) is 0 Å². The number of fused-ring (bicyclic) bond motifs is 1. The predicted octanol–water partition coefficient (Wildman–Crippen LogP) is 2.01. The summed E-state index contributed by atoms with van der Waals surface area (Å²) in [6.45, 7) is 2.60. The van der Waals surface area contributed by atoms with E-state index in [9.17, 15) is 9.59 Å². The summed E-state index contributed by atoms with van der Waals surface area (Å²) in [5, 5.41) is 0. The summed E-state index contributed by atoms with van der Waals surface area (Å²) in [6.07, 6.45) is 0.755. The molecule has 0 bridgehead atoms. The second kappa shape index (κ2) is 4.99. The van der Waals surface area contributed by atoms with Crippen LogP contribution in [0.3, 0.4) is 0 Å². The van der Waals surface area contributed by atoms with Crippen LogP contribution in [0.15, 0.2) is 18.2 Å². The average Bonchev–Trinajstić information content (AvgIpc) is 2.51. The van der Waals surface area contributed by atoms with E-state index in [2.05, 4.69) is 0 Å². The van der Waals surface area contributed by atoms with Crippen molar-refractivity contribution in [2.24, 2.45) is 0 Å². The zero-order valence-electron chi connectivity index (χ0n) is 9.69. The fourth-order valence-corrected chi connectivity index (χ4v) is 1.66. The molecule has 0 amide bonds. The quantitative estimate of drug-likeness (QED) is 0.593. The van der Waals surface area contributed by atoms with Gasteiger partial charge in [-0.05, 0) is 25.1 Å². The maximum Gasteiger partial charge on any atom is 0.170 e. The maximum absolute atomic E-state index is 11.7. The number of benzene rings is 1. The molecule has 0 fully saturated rings. The molecule has 4 heteroatoms. The molecule has 0 atom stereocenters. The lowest BCUT2D eigenvalue weighted by atomic mass is 10.1. The second-order valence-corrected chi connectivity index (χ2v) is 4.01. The maximum atomic E-state index is 11.7. The molecule has 0 saturated carbocycles. The molecule has 90 valence electrons. The van der Waals surface area contributed by atoms with Gasteiger partial charge in [0.15, 0.2) is 17.3 Å². The van der Waals surface area contributed by atoms with E-state index in [4.69, 9.17) is 9.47 Å². The van der Waals surface area contributed by atoms with Crippen molar-refractivity contribution >= 4 is 11.6 Å². The standard InChI is InChI=1S/C13H14O4/c1-9(14)7-11(15)10-3-4-12-13(8-10)17-6-2-5-16-12/h3-4,8H,2,5-7H2,1H3. The summed E-state index contributed by atoms with van der Waals surface area (Å²) in [6, 6.07) is 5.03. The molecule has 1 aliphatic heterocycles. The molecular weight excluding hydrogens is 220 g/mol. The van der Waals surface area contributed by atoms with Crippen LogP contribution in [0.1, 0.15) is 30.1 Å². The topological polar surface area (TPSA) is 52.6 Å². The molecular formula is C13H14O4. The monoisotopic (exact) mass is 234 g/mol. The Morgan fingerprint density at radius 2 is 1.88 bits per heavy atom. The molecule has 0 unspecified atom stereocenters. The first-order chi connectivity index (χ1) is 8.16. The van der Waals surface area contributed by atoms with Crippen LogP contribution in [0.4, 0.5) is 0 Å². The minimum Gasteiger partial charge on any atom is -0.490 e. The Morgan fingerprint density at radius 1 is 1.18 bits per heavy atom. The molecule has 0 spiro atoms. The van der Waals surface area contributed by atoms with Crippen LogP contribution in [0.25, 0.3) is 0 Å². The molecule has 4 nitrogen and oxygen atoms in total. The van der Waals surface area contributed by atoms with Crippen LogP contribution in [0.2, 0.25) is 0 Å². The van der Waals surface area contributed by atoms with Crippen LogP contribution < -0.4 is 9.47 Å². The van der Waals surface area contributed by atoms with Gasteiger partial charge in [0.2, 0.25) is 0 Å². The summed E-state index contributed by atoms with van der Waals surface area (Å²) in [5.41, 5.74) is 0.490. The summed E-state index contributed by atoms with van der Waals surface area (Å²) in [4.78, 5) is 22.6. The van der Waals surface area contributed by atoms with Gasteiger partial charge in [0.25, 0.3) is 0 Å². The summed E-state index contributed by atoms with van der Waals surface area (Å²) >= 11 is 0. The highest BCUT2D eigenvalue weighted by molar-refractivity contribution is 6.07. The van der Waals surface area contributed by atoms with Crippen LogP contribution >= 0.6 is 0 Å². The normalized spacial score (nSPS) is 13.9. The van der Waals surface area contributed by atoms with Gasteiger partial charge in [-0.25, -0.2) is 0 Å². The number of Topliss-reactive ketones (excluding diaryl/α,β-unsaturated/α-hetero) is 2. The van der Waals surface area contributed by atoms with Crippen LogP contribution in [0, 0.1) is 0 Å². The van der Waals surface area contributed by atoms with Crippen LogP contribution in [-0.4, -0.2) is 24.8 Å². The van der Waals surface area contributed by atoms with Gasteiger partial charge in [-0.3, -0.25) is 9.59 Å². The lowest BCUT2D eigenvalue weighted by Crippen LogP contribution is -2.05. The highest BCUT2D eigenvalue weighted by atomic mass is 16.5. The molecule has 0 aliphatic carbocycles. The first kappa shape index (κ1) is 11.6. The summed E-state index contributed by atoms with van der Waals surface area (Å²) < 4.78 is 10.9. The molecule has 0 saturated heterocycles. The van der Waals surface area contributed by atoms with E-state index < -0.39 is 0 Å². The number of rotatable bonds is 3. The minimum absolute atomic E-state index is 0.0698. The SMILES string of the molecule is CC(=O)CC(=O)c1ccc2c(c1)OCCCO2. The molecule has 1 aliphatic rings. The van der Waals surface area contributed by atoms with Gasteiger partial charge in [-0.2, -0.15) is 0 Å². The largest absolute Gasteiger partial charge is 0.490 e. The average molecular weight is 234 g/mol. The number of carbonyl (C=O) groups excluding carboxylic acids is 2. The highest BCUT2D eigenvalue weighted by Gasteiger charge is 2.14. The molecule has 0 aromatic heterocycles. The van der Waals surface area contributed by atoms with Gasteiger partial charge < -0.3 is 9.47 Å². The Morgan fingerprint density at radius 3 is 2.59 bits per heavy atom. The van der Waals surface area contributed by atoms with Crippen LogP contribution in [-0.2, 0) is 4.79 Å². The third-order valence-electron chi connectivity index (χ3n) is 2.48. The molecule has 1 aromatic rings. The van der Waals surface area contributed by atoms with Gasteiger partial charge in [0.05, 0.1) is 19.6 Å². The molecule has 0 radical (unpaired) electrons. The van der Waals surface area contributed by atoms with Crippen molar-refractivity contribution in [2.45, 2.75) is 19.8 Å². The Balaban J connectivity index is 2.23. The van der Waals surface area contributed by atoms with Crippen molar-refractivity contribution in [1.29, 1.82) is 0 Å². The molecule has 0 N–H and O–H groups in total. The summed E-state index contributed by atoms with van der Waals surface area (Å²) in [7, 11) is 0. The van der Waals surface area contributed by atoms with E-state index in [0.29, 0.717) is 30.3 Å². The van der Waals surface area contributed by atoms with Crippen molar-refractivity contribution in [1.82, 2.24) is 0 Å². The van der Waals surface area contributed by atoms with Gasteiger partial charge in [0.1, 0.15) is 5.78 Å². The fraction of sp³-hybridized carbons (Fsp3) is 0.385. The van der Waals surface area contributed by atoms with Crippen molar-refractivity contribution in [2.75, 3.05) is 13.2 Å². The van der Waals surface area contributed by atoms with Crippen LogP contribution in [0.5, 0.6) is 11.5 Å². The zero-order valence-corrected chi connectivity index (χ0v) is 9.69. The Labute approximate surface area is 99.5 Å². The molecule has 1 heterocycles. The number of ketones is 2. The fourth-order valence-electron chi connectivity index (χ4n) is 1.66. The molecule has 1 aromatic carbocycles. The van der Waals surface area contributed by atoms with E-state index >= 15 is 0 Å². The smallest absolute Gasteiger partial charge is 0.170 e. The first-order valence-corrected chi connectivity index (χ1v) is 5.59. The number of hydrogen-bond donors (Lipinski definition) is 0. The third-order valence-corrected chi connectivity index (χ3v) is 2.48. The van der Waals surface area contributed by atoms with Gasteiger partial charge >= 0.3 is 0 Å². The highest BCUT2D eigenvalue weighted by Crippen LogP contribution is 2.30. The third kappa shape index (κ3) is 2.84.